The first-order valence-corrected chi connectivity index (χ1v) is 7.96. The molecule has 2 aromatic carbocycles. The molecule has 2 aromatic rings. The highest BCUT2D eigenvalue weighted by atomic mass is 19.1. The van der Waals surface area contributed by atoms with E-state index in [4.69, 9.17) is 4.74 Å². The van der Waals surface area contributed by atoms with Crippen molar-refractivity contribution < 1.29 is 9.13 Å². The van der Waals surface area contributed by atoms with Crippen LogP contribution in [0.25, 0.3) is 0 Å². The molecular formula is C19H20FNO. The van der Waals surface area contributed by atoms with Crippen LogP contribution in [0.1, 0.15) is 41.7 Å². The van der Waals surface area contributed by atoms with Crippen molar-refractivity contribution in [2.75, 3.05) is 11.9 Å². The maximum absolute atomic E-state index is 13.6. The van der Waals surface area contributed by atoms with E-state index in [2.05, 4.69) is 36.5 Å². The molecule has 1 N–H and O–H groups in total. The number of aryl methyl sites for hydroxylation is 1. The number of benzene rings is 2. The number of nitrogens with one attached hydrogen (secondary N) is 1. The molecule has 2 nitrogen and oxygen atoms in total. The Hall–Kier alpha value is -1.87. The Balaban J connectivity index is 1.77. The van der Waals surface area contributed by atoms with Crippen molar-refractivity contribution in [3.05, 3.63) is 65.0 Å². The Morgan fingerprint density at radius 1 is 1.14 bits per heavy atom. The molecule has 0 amide bonds. The highest BCUT2D eigenvalue weighted by Gasteiger charge is 2.39. The van der Waals surface area contributed by atoms with Crippen LogP contribution in [0.15, 0.2) is 42.5 Å². The summed E-state index contributed by atoms with van der Waals surface area (Å²) in [7, 11) is 0. The van der Waals surface area contributed by atoms with Gasteiger partial charge < -0.3 is 10.1 Å². The molecule has 3 heteroatoms. The molecule has 114 valence electrons. The van der Waals surface area contributed by atoms with Crippen molar-refractivity contribution in [2.45, 2.75) is 31.9 Å². The van der Waals surface area contributed by atoms with Crippen LogP contribution in [0.4, 0.5) is 10.1 Å². The summed E-state index contributed by atoms with van der Waals surface area (Å²) in [5.74, 6) is 0.160. The largest absolute Gasteiger partial charge is 0.378 e. The number of rotatable bonds is 1. The average molecular weight is 297 g/mol. The van der Waals surface area contributed by atoms with Gasteiger partial charge in [0.15, 0.2) is 0 Å². The Morgan fingerprint density at radius 2 is 1.95 bits per heavy atom. The van der Waals surface area contributed by atoms with Crippen LogP contribution in [0, 0.1) is 18.7 Å². The van der Waals surface area contributed by atoms with Gasteiger partial charge in [0, 0.05) is 23.8 Å². The van der Waals surface area contributed by atoms with Gasteiger partial charge in [0.25, 0.3) is 0 Å². The van der Waals surface area contributed by atoms with E-state index in [1.54, 1.807) is 6.07 Å². The third-order valence-corrected chi connectivity index (χ3v) is 4.86. The van der Waals surface area contributed by atoms with Crippen molar-refractivity contribution in [2.24, 2.45) is 5.92 Å². The SMILES string of the molecule is Cc1ccc(C2Nc3ccc(F)cc3C3OCCCC23)cc1. The number of halogens is 1. The van der Waals surface area contributed by atoms with Crippen molar-refractivity contribution >= 4 is 5.69 Å². The van der Waals surface area contributed by atoms with E-state index in [-0.39, 0.29) is 18.0 Å². The molecule has 4 rings (SSSR count). The van der Waals surface area contributed by atoms with Gasteiger partial charge in [0.1, 0.15) is 5.82 Å². The third kappa shape index (κ3) is 2.30. The Morgan fingerprint density at radius 3 is 2.77 bits per heavy atom. The van der Waals surface area contributed by atoms with E-state index in [9.17, 15) is 4.39 Å². The van der Waals surface area contributed by atoms with Gasteiger partial charge in [-0.15, -0.1) is 0 Å². The summed E-state index contributed by atoms with van der Waals surface area (Å²) in [6.07, 6.45) is 2.16. The molecule has 0 aromatic heterocycles. The summed E-state index contributed by atoms with van der Waals surface area (Å²) in [5, 5.41) is 3.61. The predicted molar refractivity (Wildman–Crippen MR) is 85.4 cm³/mol. The van der Waals surface area contributed by atoms with Gasteiger partial charge in [0.05, 0.1) is 12.1 Å². The lowest BCUT2D eigenvalue weighted by molar-refractivity contribution is -0.0382. The Bertz CT molecular complexity index is 682. The summed E-state index contributed by atoms with van der Waals surface area (Å²) >= 11 is 0. The monoisotopic (exact) mass is 297 g/mol. The summed E-state index contributed by atoms with van der Waals surface area (Å²) in [6, 6.07) is 13.9. The molecule has 0 saturated carbocycles. The fraction of sp³-hybridized carbons (Fsp3) is 0.368. The molecule has 3 unspecified atom stereocenters. The van der Waals surface area contributed by atoms with Crippen molar-refractivity contribution in [3.63, 3.8) is 0 Å². The van der Waals surface area contributed by atoms with E-state index < -0.39 is 0 Å². The van der Waals surface area contributed by atoms with E-state index in [0.717, 1.165) is 30.7 Å². The topological polar surface area (TPSA) is 21.3 Å². The molecule has 2 aliphatic rings. The Kier molecular flexibility index (Phi) is 3.38. The van der Waals surface area contributed by atoms with Gasteiger partial charge >= 0.3 is 0 Å². The third-order valence-electron chi connectivity index (χ3n) is 4.86. The minimum absolute atomic E-state index is 0.00740. The zero-order valence-electron chi connectivity index (χ0n) is 12.7. The van der Waals surface area contributed by atoms with Gasteiger partial charge in [-0.2, -0.15) is 0 Å². The standard InChI is InChI=1S/C19H20FNO/c1-12-4-6-13(7-5-12)18-15-3-2-10-22-19(15)16-11-14(20)8-9-17(16)21-18/h4-9,11,15,18-19,21H,2-3,10H2,1H3. The zero-order valence-corrected chi connectivity index (χ0v) is 12.7. The van der Waals surface area contributed by atoms with Crippen LogP contribution >= 0.6 is 0 Å². The van der Waals surface area contributed by atoms with Crippen molar-refractivity contribution in [1.29, 1.82) is 0 Å². The van der Waals surface area contributed by atoms with Gasteiger partial charge in [-0.3, -0.25) is 0 Å². The van der Waals surface area contributed by atoms with E-state index in [0.29, 0.717) is 5.92 Å². The van der Waals surface area contributed by atoms with Crippen LogP contribution in [-0.2, 0) is 4.74 Å². The molecule has 2 aliphatic heterocycles. The average Bonchev–Trinajstić information content (AvgIpc) is 2.55. The number of ether oxygens (including phenoxy) is 1. The molecule has 0 spiro atoms. The fourth-order valence-electron chi connectivity index (χ4n) is 3.75. The molecular weight excluding hydrogens is 277 g/mol. The van der Waals surface area contributed by atoms with Crippen LogP contribution < -0.4 is 5.32 Å². The second-order valence-corrected chi connectivity index (χ2v) is 6.36. The highest BCUT2D eigenvalue weighted by molar-refractivity contribution is 5.57. The maximum Gasteiger partial charge on any atom is 0.123 e. The van der Waals surface area contributed by atoms with Gasteiger partial charge in [-0.25, -0.2) is 4.39 Å². The second kappa shape index (κ2) is 5.40. The number of hydrogen-bond acceptors (Lipinski definition) is 2. The molecule has 0 aliphatic carbocycles. The summed E-state index contributed by atoms with van der Waals surface area (Å²) in [6.45, 7) is 2.86. The normalized spacial score (nSPS) is 26.7. The maximum atomic E-state index is 13.6. The first kappa shape index (κ1) is 13.8. The van der Waals surface area contributed by atoms with Gasteiger partial charge in [0.2, 0.25) is 0 Å². The summed E-state index contributed by atoms with van der Waals surface area (Å²) < 4.78 is 19.7. The van der Waals surface area contributed by atoms with E-state index in [1.165, 1.54) is 17.2 Å². The van der Waals surface area contributed by atoms with Crippen molar-refractivity contribution in [1.82, 2.24) is 0 Å². The predicted octanol–water partition coefficient (Wildman–Crippen LogP) is 4.77. The first-order chi connectivity index (χ1) is 10.7. The van der Waals surface area contributed by atoms with Gasteiger partial charge in [-0.1, -0.05) is 29.8 Å². The summed E-state index contributed by atoms with van der Waals surface area (Å²) in [5.41, 5.74) is 4.50. The number of fused-ring (bicyclic) bond motifs is 3. The fourth-order valence-corrected chi connectivity index (χ4v) is 3.75. The minimum Gasteiger partial charge on any atom is -0.378 e. The second-order valence-electron chi connectivity index (χ2n) is 6.36. The highest BCUT2D eigenvalue weighted by Crippen LogP contribution is 2.49. The molecule has 0 bridgehead atoms. The molecule has 2 heterocycles. The quantitative estimate of drug-likeness (QED) is 0.818. The van der Waals surface area contributed by atoms with Crippen LogP contribution in [0.5, 0.6) is 0 Å². The molecule has 22 heavy (non-hydrogen) atoms. The number of anilines is 1. The van der Waals surface area contributed by atoms with Crippen LogP contribution in [0.3, 0.4) is 0 Å². The lowest BCUT2D eigenvalue weighted by Gasteiger charge is -2.43. The van der Waals surface area contributed by atoms with Gasteiger partial charge in [-0.05, 0) is 43.5 Å². The lowest BCUT2D eigenvalue weighted by Crippen LogP contribution is -2.36. The van der Waals surface area contributed by atoms with Crippen molar-refractivity contribution in [3.8, 4) is 0 Å². The molecule has 3 atom stereocenters. The lowest BCUT2D eigenvalue weighted by atomic mass is 9.77. The minimum atomic E-state index is -0.192. The van der Waals surface area contributed by atoms with E-state index >= 15 is 0 Å². The first-order valence-electron chi connectivity index (χ1n) is 7.96. The summed E-state index contributed by atoms with van der Waals surface area (Å²) in [4.78, 5) is 0. The Labute approximate surface area is 130 Å². The molecule has 1 saturated heterocycles. The zero-order chi connectivity index (χ0) is 15.1. The molecule has 1 fully saturated rings. The van der Waals surface area contributed by atoms with Crippen LogP contribution in [0.2, 0.25) is 0 Å². The smallest absolute Gasteiger partial charge is 0.123 e. The number of hydrogen-bond donors (Lipinski definition) is 1. The van der Waals surface area contributed by atoms with Crippen LogP contribution in [-0.4, -0.2) is 6.61 Å². The molecule has 0 radical (unpaired) electrons. The van der Waals surface area contributed by atoms with E-state index in [1.807, 2.05) is 6.07 Å².